The summed E-state index contributed by atoms with van der Waals surface area (Å²) in [4.78, 5) is 2.16. The van der Waals surface area contributed by atoms with E-state index in [0.29, 0.717) is 0 Å². The number of hydrogen-bond acceptors (Lipinski definition) is 3. The molecule has 1 aromatic carbocycles. The first-order valence-corrected chi connectivity index (χ1v) is 6.21. The van der Waals surface area contributed by atoms with Crippen molar-refractivity contribution >= 4 is 11.8 Å². The van der Waals surface area contributed by atoms with Crippen LogP contribution in [0.1, 0.15) is 10.8 Å². The minimum Gasteiger partial charge on any atom is -0.395 e. The van der Waals surface area contributed by atoms with Crippen LogP contribution >= 0.6 is 11.8 Å². The van der Waals surface area contributed by atoms with Crippen LogP contribution in [0.15, 0.2) is 30.3 Å². The number of aliphatic hydroxyl groups is 1. The van der Waals surface area contributed by atoms with E-state index >= 15 is 0 Å². The van der Waals surface area contributed by atoms with Gasteiger partial charge in [-0.25, -0.2) is 0 Å². The predicted molar refractivity (Wildman–Crippen MR) is 67.3 cm³/mol. The first-order chi connectivity index (χ1) is 7.24. The minimum atomic E-state index is 0.210. The van der Waals surface area contributed by atoms with Crippen molar-refractivity contribution in [3.8, 4) is 0 Å². The van der Waals surface area contributed by atoms with Crippen LogP contribution in [0.3, 0.4) is 0 Å². The van der Waals surface area contributed by atoms with Crippen LogP contribution in [0, 0.1) is 0 Å². The van der Waals surface area contributed by atoms with E-state index < -0.39 is 0 Å². The van der Waals surface area contributed by atoms with E-state index in [1.807, 2.05) is 30.0 Å². The van der Waals surface area contributed by atoms with Gasteiger partial charge in [-0.15, -0.1) is 0 Å². The molecule has 1 rings (SSSR count). The molecule has 1 N–H and O–H groups in total. The van der Waals surface area contributed by atoms with Crippen molar-refractivity contribution in [2.24, 2.45) is 0 Å². The molecule has 0 amide bonds. The zero-order chi connectivity index (χ0) is 11.1. The van der Waals surface area contributed by atoms with Gasteiger partial charge in [0.25, 0.3) is 0 Å². The molecule has 0 saturated heterocycles. The molecule has 0 aliphatic carbocycles. The summed E-state index contributed by atoms with van der Waals surface area (Å²) in [5.41, 5.74) is 1.21. The number of thioether (sulfide) groups is 1. The fraction of sp³-hybridized carbons (Fsp3) is 0.500. The van der Waals surface area contributed by atoms with Gasteiger partial charge < -0.3 is 10.0 Å². The normalized spacial score (nSPS) is 13.1. The van der Waals surface area contributed by atoms with Crippen molar-refractivity contribution in [2.75, 3.05) is 33.0 Å². The monoisotopic (exact) mass is 225 g/mol. The predicted octanol–water partition coefficient (Wildman–Crippen LogP) is 2.01. The lowest BCUT2D eigenvalue weighted by molar-refractivity contribution is 0.296. The van der Waals surface area contributed by atoms with E-state index in [-0.39, 0.29) is 11.9 Å². The Morgan fingerprint density at radius 1 is 1.27 bits per heavy atom. The highest BCUT2D eigenvalue weighted by Crippen LogP contribution is 2.27. The molecule has 0 aromatic heterocycles. The Morgan fingerprint density at radius 2 is 1.93 bits per heavy atom. The van der Waals surface area contributed by atoms with Crippen molar-refractivity contribution < 1.29 is 5.11 Å². The first kappa shape index (κ1) is 12.6. The molecule has 0 bridgehead atoms. The number of aliphatic hydroxyl groups excluding tert-OH is 1. The van der Waals surface area contributed by atoms with E-state index in [2.05, 4.69) is 31.1 Å². The van der Waals surface area contributed by atoms with Crippen LogP contribution < -0.4 is 0 Å². The molecule has 0 fully saturated rings. The van der Waals surface area contributed by atoms with Gasteiger partial charge in [0.2, 0.25) is 0 Å². The third kappa shape index (κ3) is 4.69. The van der Waals surface area contributed by atoms with Crippen molar-refractivity contribution in [1.82, 2.24) is 4.90 Å². The summed E-state index contributed by atoms with van der Waals surface area (Å²) in [6.45, 7) is 1.26. The summed E-state index contributed by atoms with van der Waals surface area (Å²) in [5.74, 6) is 1.05. The SMILES string of the molecule is CN(C)CCS[C@H](CO)c1ccccc1. The van der Waals surface area contributed by atoms with E-state index in [4.69, 9.17) is 0 Å². The fourth-order valence-corrected chi connectivity index (χ4v) is 2.51. The quantitative estimate of drug-likeness (QED) is 0.801. The molecule has 84 valence electrons. The number of benzene rings is 1. The Kier molecular flexibility index (Phi) is 5.76. The average Bonchev–Trinajstić information content (AvgIpc) is 2.25. The second kappa shape index (κ2) is 6.88. The molecule has 0 saturated carbocycles. The largest absolute Gasteiger partial charge is 0.395 e. The Morgan fingerprint density at radius 3 is 2.47 bits per heavy atom. The highest BCUT2D eigenvalue weighted by molar-refractivity contribution is 7.99. The summed E-state index contributed by atoms with van der Waals surface area (Å²) >= 11 is 1.81. The fourth-order valence-electron chi connectivity index (χ4n) is 1.30. The topological polar surface area (TPSA) is 23.5 Å². The lowest BCUT2D eigenvalue weighted by atomic mass is 10.2. The van der Waals surface area contributed by atoms with Gasteiger partial charge in [-0.3, -0.25) is 0 Å². The molecule has 0 aliphatic rings. The van der Waals surface area contributed by atoms with Crippen LogP contribution in [0.4, 0.5) is 0 Å². The summed E-state index contributed by atoms with van der Waals surface area (Å²) < 4.78 is 0. The summed E-state index contributed by atoms with van der Waals surface area (Å²) in [7, 11) is 4.13. The zero-order valence-electron chi connectivity index (χ0n) is 9.39. The molecule has 15 heavy (non-hydrogen) atoms. The number of nitrogens with zero attached hydrogens (tertiary/aromatic N) is 1. The highest BCUT2D eigenvalue weighted by atomic mass is 32.2. The van der Waals surface area contributed by atoms with Gasteiger partial charge in [-0.2, -0.15) is 11.8 Å². The average molecular weight is 225 g/mol. The Labute approximate surface area is 96.3 Å². The van der Waals surface area contributed by atoms with Crippen molar-refractivity contribution in [3.63, 3.8) is 0 Å². The third-order valence-electron chi connectivity index (χ3n) is 2.19. The van der Waals surface area contributed by atoms with Crippen LogP contribution in [-0.4, -0.2) is 43.0 Å². The van der Waals surface area contributed by atoms with Crippen molar-refractivity contribution in [3.05, 3.63) is 35.9 Å². The van der Waals surface area contributed by atoms with Gasteiger partial charge in [0, 0.05) is 12.3 Å². The maximum absolute atomic E-state index is 9.31. The van der Waals surface area contributed by atoms with Crippen molar-refractivity contribution in [1.29, 1.82) is 0 Å². The number of rotatable bonds is 6. The second-order valence-electron chi connectivity index (χ2n) is 3.76. The summed E-state index contributed by atoms with van der Waals surface area (Å²) in [6, 6.07) is 10.2. The van der Waals surface area contributed by atoms with Gasteiger partial charge >= 0.3 is 0 Å². The van der Waals surface area contributed by atoms with E-state index in [1.54, 1.807) is 0 Å². The van der Waals surface area contributed by atoms with E-state index in [9.17, 15) is 5.11 Å². The van der Waals surface area contributed by atoms with Gasteiger partial charge in [0.05, 0.1) is 11.9 Å². The standard InChI is InChI=1S/C12H19NOS/c1-13(2)8-9-15-12(10-14)11-6-4-3-5-7-11/h3-7,12,14H,8-10H2,1-2H3/t12-/m1/s1. The minimum absolute atomic E-state index is 0.210. The molecule has 0 spiro atoms. The van der Waals surface area contributed by atoms with Crippen LogP contribution in [0.25, 0.3) is 0 Å². The van der Waals surface area contributed by atoms with Gasteiger partial charge in [-0.05, 0) is 19.7 Å². The molecule has 0 aliphatic heterocycles. The smallest absolute Gasteiger partial charge is 0.0591 e. The lowest BCUT2D eigenvalue weighted by Crippen LogP contribution is -2.16. The first-order valence-electron chi connectivity index (χ1n) is 5.16. The van der Waals surface area contributed by atoms with Gasteiger partial charge in [-0.1, -0.05) is 30.3 Å². The van der Waals surface area contributed by atoms with Gasteiger partial charge in [0.15, 0.2) is 0 Å². The third-order valence-corrected chi connectivity index (χ3v) is 3.44. The van der Waals surface area contributed by atoms with Crippen LogP contribution in [-0.2, 0) is 0 Å². The molecular formula is C12H19NOS. The molecule has 2 nitrogen and oxygen atoms in total. The summed E-state index contributed by atoms with van der Waals surface area (Å²) in [5, 5.41) is 9.52. The molecule has 0 radical (unpaired) electrons. The second-order valence-corrected chi connectivity index (χ2v) is 5.07. The molecule has 3 heteroatoms. The molecule has 0 heterocycles. The Bertz CT molecular complexity index is 264. The lowest BCUT2D eigenvalue weighted by Gasteiger charge is -2.16. The van der Waals surface area contributed by atoms with Crippen molar-refractivity contribution in [2.45, 2.75) is 5.25 Å². The maximum atomic E-state index is 9.31. The number of hydrogen-bond donors (Lipinski definition) is 1. The molecular weight excluding hydrogens is 206 g/mol. The maximum Gasteiger partial charge on any atom is 0.0591 e. The van der Waals surface area contributed by atoms with Crippen LogP contribution in [0.2, 0.25) is 0 Å². The Balaban J connectivity index is 2.43. The van der Waals surface area contributed by atoms with Crippen LogP contribution in [0.5, 0.6) is 0 Å². The van der Waals surface area contributed by atoms with E-state index in [0.717, 1.165) is 12.3 Å². The molecule has 1 aromatic rings. The molecule has 0 unspecified atom stereocenters. The van der Waals surface area contributed by atoms with Gasteiger partial charge in [0.1, 0.15) is 0 Å². The summed E-state index contributed by atoms with van der Waals surface area (Å²) in [6.07, 6.45) is 0. The zero-order valence-corrected chi connectivity index (χ0v) is 10.2. The highest BCUT2D eigenvalue weighted by Gasteiger charge is 2.09. The Hall–Kier alpha value is -0.510. The van der Waals surface area contributed by atoms with E-state index in [1.165, 1.54) is 5.56 Å². The molecule has 1 atom stereocenters.